The zero-order chi connectivity index (χ0) is 20.8. The standard InChI is InChI=1S/C24H33NO4/c1-15-5-4-10-24(2)12-22-18(11-20(15)24)19(23(28)29-22)13-25(3)14-21(27)16-6-8-17(26)9-7-16/h6-9,18-19,21-22,26-27H,4-5,10-14H2,1-3H3/t18-,19+,21-,22+,24+/m0/s1. The molecule has 4 rings (SSSR count). The average molecular weight is 400 g/mol. The Labute approximate surface area is 173 Å². The Bertz CT molecular complexity index is 802. The van der Waals surface area contributed by atoms with Crippen molar-refractivity contribution < 1.29 is 19.7 Å². The van der Waals surface area contributed by atoms with Crippen molar-refractivity contribution in [2.45, 2.75) is 58.2 Å². The number of carbonyl (C=O) groups excluding carboxylic acids is 1. The Kier molecular flexibility index (Phi) is 5.47. The smallest absolute Gasteiger partial charge is 0.310 e. The lowest BCUT2D eigenvalue weighted by Crippen LogP contribution is -2.41. The maximum Gasteiger partial charge on any atom is 0.310 e. The van der Waals surface area contributed by atoms with E-state index in [2.05, 4.69) is 13.8 Å². The molecule has 0 amide bonds. The van der Waals surface area contributed by atoms with Crippen LogP contribution in [0.5, 0.6) is 5.75 Å². The number of likely N-dealkylation sites (N-methyl/N-ethyl adjacent to an activating group) is 1. The normalized spacial score (nSPS) is 32.7. The van der Waals surface area contributed by atoms with E-state index in [1.54, 1.807) is 29.8 Å². The lowest BCUT2D eigenvalue weighted by molar-refractivity contribution is -0.145. The van der Waals surface area contributed by atoms with Crippen molar-refractivity contribution in [2.24, 2.45) is 17.3 Å². The molecule has 2 aliphatic carbocycles. The highest BCUT2D eigenvalue weighted by Gasteiger charge is 2.53. The van der Waals surface area contributed by atoms with Gasteiger partial charge >= 0.3 is 5.97 Å². The van der Waals surface area contributed by atoms with E-state index in [-0.39, 0.29) is 35.1 Å². The molecule has 1 saturated carbocycles. The molecule has 0 unspecified atom stereocenters. The number of hydrogen-bond acceptors (Lipinski definition) is 5. The molecule has 1 aromatic rings. The molecule has 1 aromatic carbocycles. The van der Waals surface area contributed by atoms with Gasteiger partial charge in [-0.05, 0) is 69.2 Å². The van der Waals surface area contributed by atoms with Gasteiger partial charge < -0.3 is 19.8 Å². The number of aliphatic hydroxyl groups excluding tert-OH is 1. The van der Waals surface area contributed by atoms with Gasteiger partial charge in [0.15, 0.2) is 0 Å². The molecule has 2 fully saturated rings. The Morgan fingerprint density at radius 3 is 2.76 bits per heavy atom. The molecule has 0 bridgehead atoms. The summed E-state index contributed by atoms with van der Waals surface area (Å²) in [4.78, 5) is 14.7. The second-order valence-electron chi connectivity index (χ2n) is 9.66. The summed E-state index contributed by atoms with van der Waals surface area (Å²) in [5.41, 5.74) is 4.05. The second kappa shape index (κ2) is 7.77. The molecule has 1 saturated heterocycles. The molecule has 29 heavy (non-hydrogen) atoms. The van der Waals surface area contributed by atoms with Crippen LogP contribution < -0.4 is 0 Å². The van der Waals surface area contributed by atoms with Crippen molar-refractivity contribution in [3.8, 4) is 5.75 Å². The van der Waals surface area contributed by atoms with Crippen LogP contribution in [0.4, 0.5) is 0 Å². The number of aromatic hydroxyl groups is 1. The van der Waals surface area contributed by atoms with Gasteiger partial charge in [0.05, 0.1) is 12.0 Å². The van der Waals surface area contributed by atoms with Crippen molar-refractivity contribution in [2.75, 3.05) is 20.1 Å². The highest BCUT2D eigenvalue weighted by Crippen LogP contribution is 2.55. The molecule has 1 aliphatic heterocycles. The van der Waals surface area contributed by atoms with Crippen LogP contribution in [-0.4, -0.2) is 47.3 Å². The fraction of sp³-hybridized carbons (Fsp3) is 0.625. The Morgan fingerprint density at radius 2 is 2.03 bits per heavy atom. The maximum atomic E-state index is 12.7. The Hall–Kier alpha value is -1.85. The largest absolute Gasteiger partial charge is 0.508 e. The minimum absolute atomic E-state index is 0.0302. The predicted octanol–water partition coefficient (Wildman–Crippen LogP) is 3.82. The number of phenolic OH excluding ortho intramolecular Hbond substituents is 1. The molecule has 3 aliphatic rings. The van der Waals surface area contributed by atoms with Gasteiger partial charge in [-0.25, -0.2) is 0 Å². The van der Waals surface area contributed by atoms with E-state index >= 15 is 0 Å². The Balaban J connectivity index is 1.43. The fourth-order valence-corrected chi connectivity index (χ4v) is 5.83. The summed E-state index contributed by atoms with van der Waals surface area (Å²) >= 11 is 0. The summed E-state index contributed by atoms with van der Waals surface area (Å²) in [5, 5.41) is 20.0. The number of hydrogen-bond donors (Lipinski definition) is 2. The first-order valence-electron chi connectivity index (χ1n) is 10.8. The van der Waals surface area contributed by atoms with Crippen LogP contribution in [0.1, 0.15) is 57.6 Å². The molecule has 0 aromatic heterocycles. The van der Waals surface area contributed by atoms with Crippen molar-refractivity contribution >= 4 is 5.97 Å². The fourth-order valence-electron chi connectivity index (χ4n) is 5.83. The zero-order valence-electron chi connectivity index (χ0n) is 17.7. The lowest BCUT2D eigenvalue weighted by Gasteiger charge is -2.46. The van der Waals surface area contributed by atoms with Gasteiger partial charge in [-0.1, -0.05) is 30.2 Å². The van der Waals surface area contributed by atoms with Crippen LogP contribution in [0.15, 0.2) is 35.4 Å². The average Bonchev–Trinajstić information content (AvgIpc) is 2.94. The van der Waals surface area contributed by atoms with Crippen LogP contribution in [0, 0.1) is 17.3 Å². The SMILES string of the molecule is CC1=C2C[C@@H]3[C@@H](C[C@@]2(C)CCC1)OC(=O)[C@@H]3CN(C)C[C@H](O)c1ccc(O)cc1. The monoisotopic (exact) mass is 399 g/mol. The molecule has 0 radical (unpaired) electrons. The van der Waals surface area contributed by atoms with E-state index in [4.69, 9.17) is 4.74 Å². The first-order valence-corrected chi connectivity index (χ1v) is 10.8. The van der Waals surface area contributed by atoms with Gasteiger partial charge in [0.2, 0.25) is 0 Å². The van der Waals surface area contributed by atoms with E-state index < -0.39 is 6.10 Å². The van der Waals surface area contributed by atoms with Crippen LogP contribution in [0.25, 0.3) is 0 Å². The van der Waals surface area contributed by atoms with E-state index in [0.29, 0.717) is 13.1 Å². The third kappa shape index (κ3) is 3.95. The van der Waals surface area contributed by atoms with E-state index in [0.717, 1.165) is 18.4 Å². The summed E-state index contributed by atoms with van der Waals surface area (Å²) in [7, 11) is 1.95. The summed E-state index contributed by atoms with van der Waals surface area (Å²) in [5.74, 6) is 0.216. The number of nitrogens with zero attached hydrogens (tertiary/aromatic N) is 1. The van der Waals surface area contributed by atoms with Gasteiger partial charge in [0, 0.05) is 19.0 Å². The van der Waals surface area contributed by atoms with Crippen LogP contribution in [-0.2, 0) is 9.53 Å². The molecular weight excluding hydrogens is 366 g/mol. The minimum atomic E-state index is -0.660. The number of phenols is 1. The van der Waals surface area contributed by atoms with Crippen LogP contribution in [0.2, 0.25) is 0 Å². The molecule has 5 nitrogen and oxygen atoms in total. The number of carbonyl (C=O) groups is 1. The predicted molar refractivity (Wildman–Crippen MR) is 111 cm³/mol. The summed E-state index contributed by atoms with van der Waals surface area (Å²) < 4.78 is 5.85. The summed E-state index contributed by atoms with van der Waals surface area (Å²) in [6.07, 6.45) is 4.90. The topological polar surface area (TPSA) is 70.0 Å². The quantitative estimate of drug-likeness (QED) is 0.582. The van der Waals surface area contributed by atoms with Crippen LogP contribution >= 0.6 is 0 Å². The number of allylic oxidation sites excluding steroid dienone is 2. The number of esters is 1. The number of rotatable bonds is 5. The highest BCUT2D eigenvalue weighted by molar-refractivity contribution is 5.76. The third-order valence-corrected chi connectivity index (χ3v) is 7.45. The second-order valence-corrected chi connectivity index (χ2v) is 9.66. The first-order chi connectivity index (χ1) is 13.8. The molecular formula is C24H33NO4. The third-order valence-electron chi connectivity index (χ3n) is 7.45. The summed E-state index contributed by atoms with van der Waals surface area (Å²) in [6, 6.07) is 6.62. The molecule has 0 spiro atoms. The zero-order valence-corrected chi connectivity index (χ0v) is 17.7. The Morgan fingerprint density at radius 1 is 1.31 bits per heavy atom. The molecule has 5 atom stereocenters. The van der Waals surface area contributed by atoms with Gasteiger partial charge in [-0.15, -0.1) is 0 Å². The molecule has 2 N–H and O–H groups in total. The van der Waals surface area contributed by atoms with Crippen molar-refractivity contribution in [1.29, 1.82) is 0 Å². The number of ether oxygens (including phenoxy) is 1. The van der Waals surface area contributed by atoms with Gasteiger partial charge in [0.25, 0.3) is 0 Å². The van der Waals surface area contributed by atoms with Crippen LogP contribution in [0.3, 0.4) is 0 Å². The molecule has 158 valence electrons. The maximum absolute atomic E-state index is 12.7. The van der Waals surface area contributed by atoms with E-state index in [1.807, 2.05) is 11.9 Å². The first kappa shape index (κ1) is 20.4. The van der Waals surface area contributed by atoms with E-state index in [1.165, 1.54) is 24.8 Å². The summed E-state index contributed by atoms with van der Waals surface area (Å²) in [6.45, 7) is 5.64. The number of fused-ring (bicyclic) bond motifs is 2. The van der Waals surface area contributed by atoms with Crippen molar-refractivity contribution in [1.82, 2.24) is 4.90 Å². The number of benzene rings is 1. The minimum Gasteiger partial charge on any atom is -0.508 e. The van der Waals surface area contributed by atoms with Gasteiger partial charge in [-0.3, -0.25) is 4.79 Å². The highest BCUT2D eigenvalue weighted by atomic mass is 16.6. The lowest BCUT2D eigenvalue weighted by atomic mass is 9.59. The van der Waals surface area contributed by atoms with Crippen molar-refractivity contribution in [3.63, 3.8) is 0 Å². The number of aliphatic hydroxyl groups is 1. The van der Waals surface area contributed by atoms with Crippen molar-refractivity contribution in [3.05, 3.63) is 41.0 Å². The van der Waals surface area contributed by atoms with Gasteiger partial charge in [-0.2, -0.15) is 0 Å². The van der Waals surface area contributed by atoms with E-state index in [9.17, 15) is 15.0 Å². The van der Waals surface area contributed by atoms with Gasteiger partial charge in [0.1, 0.15) is 11.9 Å². The molecule has 1 heterocycles. The molecule has 5 heteroatoms.